The van der Waals surface area contributed by atoms with Gasteiger partial charge >= 0.3 is 0 Å². The number of ether oxygens (including phenoxy) is 1. The van der Waals surface area contributed by atoms with Crippen LogP contribution in [0.4, 0.5) is 4.39 Å². The normalized spacial score (nSPS) is 10.8. The van der Waals surface area contributed by atoms with E-state index in [2.05, 4.69) is 23.4 Å². The molecule has 0 amide bonds. The molecule has 2 aromatic heterocycles. The van der Waals surface area contributed by atoms with Gasteiger partial charge in [-0.05, 0) is 54.8 Å². The Bertz CT molecular complexity index is 1120. The van der Waals surface area contributed by atoms with Crippen LogP contribution in [-0.2, 0) is 13.2 Å². The van der Waals surface area contributed by atoms with Crippen molar-refractivity contribution < 1.29 is 9.13 Å². The van der Waals surface area contributed by atoms with Gasteiger partial charge in [-0.3, -0.25) is 4.98 Å². The van der Waals surface area contributed by atoms with Gasteiger partial charge in [0, 0.05) is 29.5 Å². The number of aryl methyl sites for hydroxylation is 1. The molecule has 0 aliphatic carbocycles. The summed E-state index contributed by atoms with van der Waals surface area (Å²) in [6, 6.07) is 16.1. The molecule has 2 aromatic carbocycles. The number of pyridine rings is 1. The van der Waals surface area contributed by atoms with Gasteiger partial charge in [-0.25, -0.2) is 4.39 Å². The predicted molar refractivity (Wildman–Crippen MR) is 118 cm³/mol. The lowest BCUT2D eigenvalue weighted by Crippen LogP contribution is -2.04. The van der Waals surface area contributed by atoms with E-state index in [1.54, 1.807) is 18.3 Å². The van der Waals surface area contributed by atoms with E-state index >= 15 is 0 Å². The molecule has 2 heterocycles. The standard InChI is InChI=1S/C23H20ClFN2O.ClH/c1-15-16(2)27(13-17-5-9-20(25)10-6-17)23-21(11-12-26-22(15)23)28-14-18-3-7-19(24)8-4-18;/h3-12H,13-14H2,1-2H3;1H. The summed E-state index contributed by atoms with van der Waals surface area (Å²) >= 11 is 5.96. The van der Waals surface area contributed by atoms with Crippen LogP contribution < -0.4 is 4.74 Å². The first kappa shape index (κ1) is 21.2. The van der Waals surface area contributed by atoms with Gasteiger partial charge in [-0.15, -0.1) is 12.4 Å². The molecule has 6 heteroatoms. The summed E-state index contributed by atoms with van der Waals surface area (Å²) in [6.07, 6.45) is 1.77. The molecule has 0 atom stereocenters. The van der Waals surface area contributed by atoms with Gasteiger partial charge in [-0.2, -0.15) is 0 Å². The van der Waals surface area contributed by atoms with Crippen LogP contribution in [0.5, 0.6) is 5.75 Å². The van der Waals surface area contributed by atoms with E-state index in [4.69, 9.17) is 16.3 Å². The van der Waals surface area contributed by atoms with E-state index in [-0.39, 0.29) is 18.2 Å². The molecule has 0 aliphatic heterocycles. The van der Waals surface area contributed by atoms with Gasteiger partial charge in [-0.1, -0.05) is 35.9 Å². The summed E-state index contributed by atoms with van der Waals surface area (Å²) in [5, 5.41) is 0.703. The van der Waals surface area contributed by atoms with Crippen LogP contribution in [0, 0.1) is 19.7 Å². The molecule has 29 heavy (non-hydrogen) atoms. The Morgan fingerprint density at radius 3 is 2.31 bits per heavy atom. The minimum Gasteiger partial charge on any atom is -0.487 e. The molecule has 0 aliphatic rings. The quantitative estimate of drug-likeness (QED) is 0.361. The Hall–Kier alpha value is -2.56. The number of aromatic nitrogens is 2. The van der Waals surface area contributed by atoms with Crippen LogP contribution in [0.15, 0.2) is 60.8 Å². The number of hydrogen-bond donors (Lipinski definition) is 0. The highest BCUT2D eigenvalue weighted by atomic mass is 35.5. The van der Waals surface area contributed by atoms with Crippen LogP contribution in [0.2, 0.25) is 5.02 Å². The van der Waals surface area contributed by atoms with Crippen LogP contribution in [0.1, 0.15) is 22.4 Å². The third-order valence-electron chi connectivity index (χ3n) is 5.02. The molecule has 0 spiro atoms. The molecule has 4 aromatic rings. The highest BCUT2D eigenvalue weighted by molar-refractivity contribution is 6.30. The van der Waals surface area contributed by atoms with Crippen molar-refractivity contribution in [3.05, 3.63) is 94.0 Å². The fourth-order valence-electron chi connectivity index (χ4n) is 3.34. The molecule has 0 saturated carbocycles. The molecule has 150 valence electrons. The van der Waals surface area contributed by atoms with Crippen molar-refractivity contribution in [2.75, 3.05) is 0 Å². The van der Waals surface area contributed by atoms with Gasteiger partial charge < -0.3 is 9.30 Å². The molecule has 3 nitrogen and oxygen atoms in total. The fraction of sp³-hybridized carbons (Fsp3) is 0.174. The van der Waals surface area contributed by atoms with Crippen molar-refractivity contribution >= 4 is 35.0 Å². The summed E-state index contributed by atoms with van der Waals surface area (Å²) in [5.41, 5.74) is 6.18. The van der Waals surface area contributed by atoms with E-state index in [0.717, 1.165) is 39.2 Å². The number of nitrogens with zero attached hydrogens (tertiary/aromatic N) is 2. The zero-order valence-electron chi connectivity index (χ0n) is 16.2. The Morgan fingerprint density at radius 2 is 1.62 bits per heavy atom. The highest BCUT2D eigenvalue weighted by Gasteiger charge is 2.17. The number of rotatable bonds is 5. The molecular weight excluding hydrogens is 410 g/mol. The van der Waals surface area contributed by atoms with Gasteiger partial charge in [0.2, 0.25) is 0 Å². The van der Waals surface area contributed by atoms with Crippen LogP contribution >= 0.6 is 24.0 Å². The number of halogens is 3. The van der Waals surface area contributed by atoms with Crippen LogP contribution in [0.3, 0.4) is 0 Å². The third-order valence-corrected chi connectivity index (χ3v) is 5.27. The molecule has 0 unspecified atom stereocenters. The Morgan fingerprint density at radius 1 is 0.966 bits per heavy atom. The van der Waals surface area contributed by atoms with Crippen molar-refractivity contribution in [2.24, 2.45) is 0 Å². The van der Waals surface area contributed by atoms with Crippen molar-refractivity contribution in [3.8, 4) is 5.75 Å². The maximum Gasteiger partial charge on any atom is 0.147 e. The van der Waals surface area contributed by atoms with E-state index in [1.165, 1.54) is 12.1 Å². The van der Waals surface area contributed by atoms with E-state index in [0.29, 0.717) is 18.2 Å². The van der Waals surface area contributed by atoms with Crippen molar-refractivity contribution in [2.45, 2.75) is 27.0 Å². The summed E-state index contributed by atoms with van der Waals surface area (Å²) in [6.45, 7) is 5.20. The lowest BCUT2D eigenvalue weighted by molar-refractivity contribution is 0.308. The molecule has 0 bridgehead atoms. The monoisotopic (exact) mass is 430 g/mol. The minimum atomic E-state index is -0.234. The first-order valence-electron chi connectivity index (χ1n) is 9.09. The fourth-order valence-corrected chi connectivity index (χ4v) is 3.47. The van der Waals surface area contributed by atoms with Crippen LogP contribution in [0.25, 0.3) is 11.0 Å². The van der Waals surface area contributed by atoms with Gasteiger partial charge in [0.25, 0.3) is 0 Å². The number of fused-ring (bicyclic) bond motifs is 1. The Labute approximate surface area is 180 Å². The molecule has 0 radical (unpaired) electrons. The lowest BCUT2D eigenvalue weighted by atomic mass is 10.2. The largest absolute Gasteiger partial charge is 0.487 e. The second-order valence-corrected chi connectivity index (χ2v) is 7.28. The molecule has 0 N–H and O–H groups in total. The maximum absolute atomic E-state index is 13.3. The van der Waals surface area contributed by atoms with E-state index in [9.17, 15) is 4.39 Å². The van der Waals surface area contributed by atoms with Crippen molar-refractivity contribution in [1.82, 2.24) is 9.55 Å². The smallest absolute Gasteiger partial charge is 0.147 e. The molecule has 4 rings (SSSR count). The zero-order chi connectivity index (χ0) is 19.7. The molecular formula is C23H21Cl2FN2O. The maximum atomic E-state index is 13.3. The van der Waals surface area contributed by atoms with Crippen LogP contribution in [-0.4, -0.2) is 9.55 Å². The second-order valence-electron chi connectivity index (χ2n) is 6.84. The molecule has 0 saturated heterocycles. The van der Waals surface area contributed by atoms with Gasteiger partial charge in [0.1, 0.15) is 23.7 Å². The Kier molecular flexibility index (Phi) is 6.46. The average Bonchev–Trinajstić information content (AvgIpc) is 2.95. The SMILES string of the molecule is Cc1c(C)n(Cc2ccc(F)cc2)c2c(OCc3ccc(Cl)cc3)ccnc12.Cl. The zero-order valence-corrected chi connectivity index (χ0v) is 17.7. The third kappa shape index (κ3) is 4.39. The highest BCUT2D eigenvalue weighted by Crippen LogP contribution is 2.32. The van der Waals surface area contributed by atoms with Crippen molar-refractivity contribution in [3.63, 3.8) is 0 Å². The number of hydrogen-bond acceptors (Lipinski definition) is 2. The summed E-state index contributed by atoms with van der Waals surface area (Å²) in [7, 11) is 0. The van der Waals surface area contributed by atoms with Gasteiger partial charge in [0.05, 0.1) is 5.52 Å². The average molecular weight is 431 g/mol. The van der Waals surface area contributed by atoms with Gasteiger partial charge in [0.15, 0.2) is 0 Å². The van der Waals surface area contributed by atoms with Crippen molar-refractivity contribution in [1.29, 1.82) is 0 Å². The summed E-state index contributed by atoms with van der Waals surface area (Å²) < 4.78 is 21.6. The summed E-state index contributed by atoms with van der Waals surface area (Å²) in [5.74, 6) is 0.543. The molecule has 0 fully saturated rings. The first-order chi connectivity index (χ1) is 13.5. The number of benzene rings is 2. The predicted octanol–water partition coefficient (Wildman–Crippen LogP) is 6.49. The van der Waals surface area contributed by atoms with E-state index in [1.807, 2.05) is 30.3 Å². The second kappa shape index (κ2) is 8.85. The lowest BCUT2D eigenvalue weighted by Gasteiger charge is -2.13. The summed E-state index contributed by atoms with van der Waals surface area (Å²) in [4.78, 5) is 4.57. The first-order valence-corrected chi connectivity index (χ1v) is 9.47. The Balaban J connectivity index is 0.00000240. The van der Waals surface area contributed by atoms with E-state index < -0.39 is 0 Å². The topological polar surface area (TPSA) is 27.1 Å². The minimum absolute atomic E-state index is 0.